The predicted octanol–water partition coefficient (Wildman–Crippen LogP) is 17.0. The summed E-state index contributed by atoms with van der Waals surface area (Å²) in [4.78, 5) is 38.0. The Morgan fingerprint density at radius 3 is 0.919 bits per heavy atom. The maximum atomic E-state index is 12.8. The molecule has 0 aromatic rings. The summed E-state index contributed by atoms with van der Waals surface area (Å²) in [5.41, 5.74) is 0. The van der Waals surface area contributed by atoms with Gasteiger partial charge in [-0.25, -0.2) is 0 Å². The van der Waals surface area contributed by atoms with E-state index in [-0.39, 0.29) is 31.1 Å². The number of carbonyl (C=O) groups excluding carboxylic acids is 3. The standard InChI is InChI=1S/C56H96O6/c1-4-7-10-13-16-19-22-25-27-28-30-31-34-37-40-43-46-49-55(58)61-52-53(51-60-54(57)48-45-42-39-36-33-24-21-18-15-12-9-6-3)62-56(59)50-47-44-41-38-35-32-29-26-23-20-17-14-11-8-5-2/h16-21,25-27,29-31,53H,4-15,22-24,28,32-52H2,1-3H3/b19-16-,20-17-,21-18-,27-25-,29-26-,31-30-/t53-/m1/s1. The van der Waals surface area contributed by atoms with Gasteiger partial charge in [0.1, 0.15) is 13.2 Å². The number of hydrogen-bond donors (Lipinski definition) is 0. The second-order valence-corrected chi connectivity index (χ2v) is 17.1. The van der Waals surface area contributed by atoms with Crippen LogP contribution in [0, 0.1) is 0 Å². The van der Waals surface area contributed by atoms with Crippen molar-refractivity contribution in [3.63, 3.8) is 0 Å². The van der Waals surface area contributed by atoms with Crippen LogP contribution in [0.3, 0.4) is 0 Å². The number of rotatable bonds is 46. The Labute approximate surface area is 382 Å². The molecule has 6 nitrogen and oxygen atoms in total. The summed E-state index contributed by atoms with van der Waals surface area (Å²) in [6, 6.07) is 0. The lowest BCUT2D eigenvalue weighted by Crippen LogP contribution is -2.30. The third kappa shape index (κ3) is 47.9. The van der Waals surface area contributed by atoms with E-state index in [4.69, 9.17) is 14.2 Å². The molecule has 0 radical (unpaired) electrons. The van der Waals surface area contributed by atoms with Crippen molar-refractivity contribution in [2.24, 2.45) is 0 Å². The van der Waals surface area contributed by atoms with Gasteiger partial charge in [-0.1, -0.05) is 184 Å². The van der Waals surface area contributed by atoms with Gasteiger partial charge in [0.15, 0.2) is 6.10 Å². The van der Waals surface area contributed by atoms with Gasteiger partial charge >= 0.3 is 17.9 Å². The van der Waals surface area contributed by atoms with Crippen LogP contribution in [0.5, 0.6) is 0 Å². The van der Waals surface area contributed by atoms with Gasteiger partial charge in [-0.3, -0.25) is 14.4 Å². The number of allylic oxidation sites excluding steroid dienone is 12. The molecular weight excluding hydrogens is 769 g/mol. The van der Waals surface area contributed by atoms with E-state index in [9.17, 15) is 14.4 Å². The van der Waals surface area contributed by atoms with E-state index in [0.29, 0.717) is 19.3 Å². The van der Waals surface area contributed by atoms with Crippen LogP contribution < -0.4 is 0 Å². The molecule has 1 atom stereocenters. The van der Waals surface area contributed by atoms with Crippen LogP contribution in [0.2, 0.25) is 0 Å². The van der Waals surface area contributed by atoms with E-state index in [1.165, 1.54) is 89.9 Å². The van der Waals surface area contributed by atoms with Gasteiger partial charge in [-0.2, -0.15) is 0 Å². The first-order chi connectivity index (χ1) is 30.5. The minimum absolute atomic E-state index is 0.0932. The number of unbranched alkanes of at least 4 members (excludes halogenated alkanes) is 23. The van der Waals surface area contributed by atoms with E-state index in [1.807, 2.05) is 0 Å². The largest absolute Gasteiger partial charge is 0.462 e. The summed E-state index contributed by atoms with van der Waals surface area (Å²) < 4.78 is 16.8. The van der Waals surface area contributed by atoms with Gasteiger partial charge in [0.05, 0.1) is 0 Å². The summed E-state index contributed by atoms with van der Waals surface area (Å²) in [5.74, 6) is -0.937. The second-order valence-electron chi connectivity index (χ2n) is 17.1. The minimum atomic E-state index is -0.794. The Bertz CT molecular complexity index is 1180. The Morgan fingerprint density at radius 1 is 0.323 bits per heavy atom. The van der Waals surface area contributed by atoms with Crippen molar-refractivity contribution < 1.29 is 28.6 Å². The third-order valence-electron chi connectivity index (χ3n) is 10.9. The Morgan fingerprint density at radius 2 is 0.581 bits per heavy atom. The molecule has 0 heterocycles. The van der Waals surface area contributed by atoms with Crippen LogP contribution >= 0.6 is 0 Å². The van der Waals surface area contributed by atoms with Gasteiger partial charge in [0.25, 0.3) is 0 Å². The first-order valence-electron chi connectivity index (χ1n) is 25.9. The maximum Gasteiger partial charge on any atom is 0.306 e. The molecule has 62 heavy (non-hydrogen) atoms. The molecule has 0 aliphatic carbocycles. The summed E-state index contributed by atoms with van der Waals surface area (Å²) in [6.45, 7) is 6.52. The zero-order chi connectivity index (χ0) is 45.1. The second kappa shape index (κ2) is 50.5. The van der Waals surface area contributed by atoms with Gasteiger partial charge in [0.2, 0.25) is 0 Å². The van der Waals surface area contributed by atoms with Crippen molar-refractivity contribution in [3.8, 4) is 0 Å². The smallest absolute Gasteiger partial charge is 0.306 e. The quantitative estimate of drug-likeness (QED) is 0.0262. The van der Waals surface area contributed by atoms with Crippen molar-refractivity contribution in [1.82, 2.24) is 0 Å². The number of esters is 3. The molecule has 0 spiro atoms. The highest BCUT2D eigenvalue weighted by Crippen LogP contribution is 2.13. The zero-order valence-corrected chi connectivity index (χ0v) is 40.6. The van der Waals surface area contributed by atoms with Crippen molar-refractivity contribution in [3.05, 3.63) is 72.9 Å². The SMILES string of the molecule is CCCCC/C=C\C/C=C\C/C=C\CCCCCCC(=O)OC[C@@H](COC(=O)CCCCCCC/C=C\CCCCC)OC(=O)CCCCCCC/C=C\C/C=C\CCCCC. The lowest BCUT2D eigenvalue weighted by atomic mass is 10.1. The van der Waals surface area contributed by atoms with Crippen molar-refractivity contribution in [1.29, 1.82) is 0 Å². The van der Waals surface area contributed by atoms with Crippen LogP contribution in [0.4, 0.5) is 0 Å². The summed E-state index contributed by atoms with van der Waals surface area (Å²) in [7, 11) is 0. The van der Waals surface area contributed by atoms with E-state index < -0.39 is 6.10 Å². The number of carbonyl (C=O) groups is 3. The lowest BCUT2D eigenvalue weighted by molar-refractivity contribution is -0.167. The van der Waals surface area contributed by atoms with Gasteiger partial charge < -0.3 is 14.2 Å². The highest BCUT2D eigenvalue weighted by atomic mass is 16.6. The van der Waals surface area contributed by atoms with Crippen molar-refractivity contribution >= 4 is 17.9 Å². The normalized spacial score (nSPS) is 12.6. The van der Waals surface area contributed by atoms with E-state index in [0.717, 1.165) is 116 Å². The Hall–Kier alpha value is -3.15. The minimum Gasteiger partial charge on any atom is -0.462 e. The van der Waals surface area contributed by atoms with Crippen molar-refractivity contribution in [2.75, 3.05) is 13.2 Å². The zero-order valence-electron chi connectivity index (χ0n) is 40.6. The van der Waals surface area contributed by atoms with E-state index >= 15 is 0 Å². The molecule has 0 amide bonds. The maximum absolute atomic E-state index is 12.8. The number of hydrogen-bond acceptors (Lipinski definition) is 6. The molecule has 0 unspecified atom stereocenters. The fourth-order valence-corrected chi connectivity index (χ4v) is 6.94. The average Bonchev–Trinajstić information content (AvgIpc) is 3.27. The third-order valence-corrected chi connectivity index (χ3v) is 10.9. The highest BCUT2D eigenvalue weighted by molar-refractivity contribution is 5.71. The molecule has 0 bridgehead atoms. The van der Waals surface area contributed by atoms with Gasteiger partial charge in [-0.05, 0) is 116 Å². The van der Waals surface area contributed by atoms with E-state index in [2.05, 4.69) is 93.7 Å². The molecule has 0 aliphatic rings. The van der Waals surface area contributed by atoms with Crippen molar-refractivity contribution in [2.45, 2.75) is 252 Å². The predicted molar refractivity (Wildman–Crippen MR) is 265 cm³/mol. The molecule has 0 N–H and O–H groups in total. The molecule has 356 valence electrons. The van der Waals surface area contributed by atoms with E-state index in [1.54, 1.807) is 0 Å². The molecule has 6 heteroatoms. The Kier molecular flexibility index (Phi) is 47.9. The number of ether oxygens (including phenoxy) is 3. The molecule has 0 aliphatic heterocycles. The monoisotopic (exact) mass is 865 g/mol. The molecule has 0 rings (SSSR count). The summed E-state index contributed by atoms with van der Waals surface area (Å²) in [6.07, 6.45) is 63.0. The summed E-state index contributed by atoms with van der Waals surface area (Å²) in [5, 5.41) is 0. The summed E-state index contributed by atoms with van der Waals surface area (Å²) >= 11 is 0. The van der Waals surface area contributed by atoms with Crippen LogP contribution in [0.1, 0.15) is 245 Å². The molecule has 0 saturated heterocycles. The Balaban J connectivity index is 4.45. The topological polar surface area (TPSA) is 78.9 Å². The molecule has 0 aromatic carbocycles. The first-order valence-corrected chi connectivity index (χ1v) is 25.9. The van der Waals surface area contributed by atoms with Crippen LogP contribution in [0.25, 0.3) is 0 Å². The molecule has 0 saturated carbocycles. The highest BCUT2D eigenvalue weighted by Gasteiger charge is 2.19. The molecular formula is C56H96O6. The van der Waals surface area contributed by atoms with Crippen LogP contribution in [-0.2, 0) is 28.6 Å². The van der Waals surface area contributed by atoms with Gasteiger partial charge in [0, 0.05) is 19.3 Å². The fourth-order valence-electron chi connectivity index (χ4n) is 6.94. The van der Waals surface area contributed by atoms with Gasteiger partial charge in [-0.15, -0.1) is 0 Å². The molecule has 0 aromatic heterocycles. The average molecular weight is 865 g/mol. The lowest BCUT2D eigenvalue weighted by Gasteiger charge is -2.18. The fraction of sp³-hybridized carbons (Fsp3) is 0.732. The first kappa shape index (κ1) is 58.9. The van der Waals surface area contributed by atoms with Crippen LogP contribution in [-0.4, -0.2) is 37.2 Å². The molecule has 0 fully saturated rings. The van der Waals surface area contributed by atoms with Crippen LogP contribution in [0.15, 0.2) is 72.9 Å².